The molecule has 1 saturated carbocycles. The van der Waals surface area contributed by atoms with Crippen molar-refractivity contribution in [2.75, 3.05) is 7.05 Å². The maximum absolute atomic E-state index is 12.0. The molecule has 1 aliphatic rings. The Morgan fingerprint density at radius 1 is 1.26 bits per heavy atom. The summed E-state index contributed by atoms with van der Waals surface area (Å²) in [6, 6.07) is 0.220. The summed E-state index contributed by atoms with van der Waals surface area (Å²) >= 11 is 0. The predicted octanol–water partition coefficient (Wildman–Crippen LogP) is -0.612. The fourth-order valence-corrected chi connectivity index (χ4v) is 2.45. The van der Waals surface area contributed by atoms with E-state index in [4.69, 9.17) is 4.74 Å². The van der Waals surface area contributed by atoms with Crippen LogP contribution in [0.3, 0.4) is 0 Å². The van der Waals surface area contributed by atoms with Crippen LogP contribution in [-0.2, 0) is 14.1 Å². The smallest absolute Gasteiger partial charge is 0.347 e. The topological polar surface area (TPSA) is 78.2 Å². The van der Waals surface area contributed by atoms with E-state index in [9.17, 15) is 9.59 Å². The highest BCUT2D eigenvalue weighted by atomic mass is 16.5. The molecule has 0 radical (unpaired) electrons. The van der Waals surface area contributed by atoms with Crippen LogP contribution in [0.25, 0.3) is 0 Å². The van der Waals surface area contributed by atoms with Gasteiger partial charge in [0, 0.05) is 20.1 Å². The van der Waals surface area contributed by atoms with Crippen molar-refractivity contribution in [2.45, 2.75) is 37.8 Å². The van der Waals surface area contributed by atoms with Gasteiger partial charge in [-0.15, -0.1) is 5.10 Å². The third kappa shape index (κ3) is 2.70. The van der Waals surface area contributed by atoms with Crippen molar-refractivity contribution in [3.8, 4) is 5.88 Å². The van der Waals surface area contributed by atoms with Crippen LogP contribution >= 0.6 is 0 Å². The Labute approximate surface area is 111 Å². The van der Waals surface area contributed by atoms with E-state index in [1.165, 1.54) is 14.1 Å². The zero-order valence-corrected chi connectivity index (χ0v) is 11.5. The number of aromatic nitrogens is 3. The van der Waals surface area contributed by atoms with Crippen LogP contribution in [0.5, 0.6) is 5.88 Å². The summed E-state index contributed by atoms with van der Waals surface area (Å²) < 4.78 is 7.87. The fraction of sp³-hybridized carbons (Fsp3) is 0.750. The molecule has 106 valence electrons. The number of rotatable bonds is 3. The molecular formula is C12H20N4O3. The van der Waals surface area contributed by atoms with Crippen LogP contribution < -0.4 is 21.3 Å². The van der Waals surface area contributed by atoms with Gasteiger partial charge in [0.05, 0.1) is 0 Å². The quantitative estimate of drug-likeness (QED) is 0.791. The summed E-state index contributed by atoms with van der Waals surface area (Å²) in [6.07, 6.45) is 4.07. The van der Waals surface area contributed by atoms with Crippen molar-refractivity contribution in [1.29, 1.82) is 0 Å². The van der Waals surface area contributed by atoms with Crippen molar-refractivity contribution >= 4 is 0 Å². The molecule has 0 bridgehead atoms. The first-order valence-corrected chi connectivity index (χ1v) is 6.53. The van der Waals surface area contributed by atoms with Crippen LogP contribution in [0, 0.1) is 0 Å². The minimum Gasteiger partial charge on any atom is -0.468 e. The van der Waals surface area contributed by atoms with Gasteiger partial charge in [0.15, 0.2) is 0 Å². The first-order valence-electron chi connectivity index (χ1n) is 6.53. The van der Waals surface area contributed by atoms with Gasteiger partial charge in [0.2, 0.25) is 0 Å². The van der Waals surface area contributed by atoms with Crippen molar-refractivity contribution < 1.29 is 4.74 Å². The second-order valence-corrected chi connectivity index (χ2v) is 4.91. The molecule has 0 spiro atoms. The van der Waals surface area contributed by atoms with Gasteiger partial charge < -0.3 is 10.1 Å². The number of nitrogens with zero attached hydrogens (tertiary/aromatic N) is 3. The number of likely N-dealkylation sites (N-methyl/N-ethyl adjacent to an activating group) is 1. The fourth-order valence-electron chi connectivity index (χ4n) is 2.45. The number of aryl methyl sites for hydroxylation is 1. The number of hydrogen-bond donors (Lipinski definition) is 1. The molecule has 1 fully saturated rings. The van der Waals surface area contributed by atoms with Crippen molar-refractivity contribution in [1.82, 2.24) is 19.7 Å². The van der Waals surface area contributed by atoms with Gasteiger partial charge >= 0.3 is 11.2 Å². The first kappa shape index (κ1) is 13.8. The normalized spacial score (nSPS) is 23.3. The third-order valence-corrected chi connectivity index (χ3v) is 3.63. The second-order valence-electron chi connectivity index (χ2n) is 4.91. The molecule has 0 amide bonds. The van der Waals surface area contributed by atoms with E-state index < -0.39 is 11.2 Å². The van der Waals surface area contributed by atoms with Crippen LogP contribution in [0.4, 0.5) is 0 Å². The van der Waals surface area contributed by atoms with Gasteiger partial charge in [-0.05, 0) is 26.3 Å². The summed E-state index contributed by atoms with van der Waals surface area (Å²) in [5.41, 5.74) is -0.935. The maximum Gasteiger partial charge on any atom is 0.347 e. The van der Waals surface area contributed by atoms with E-state index in [1.54, 1.807) is 0 Å². The maximum atomic E-state index is 12.0. The monoisotopic (exact) mass is 268 g/mol. The van der Waals surface area contributed by atoms with Gasteiger partial charge in [-0.1, -0.05) is 6.42 Å². The lowest BCUT2D eigenvalue weighted by Crippen LogP contribution is -2.46. The van der Waals surface area contributed by atoms with Gasteiger partial charge in [-0.3, -0.25) is 9.36 Å². The molecule has 2 unspecified atom stereocenters. The largest absolute Gasteiger partial charge is 0.468 e. The highest BCUT2D eigenvalue weighted by Gasteiger charge is 2.27. The van der Waals surface area contributed by atoms with Crippen LogP contribution in [-0.4, -0.2) is 33.5 Å². The average molecular weight is 268 g/mol. The summed E-state index contributed by atoms with van der Waals surface area (Å²) in [4.78, 5) is 23.5. The Morgan fingerprint density at radius 3 is 2.63 bits per heavy atom. The zero-order valence-electron chi connectivity index (χ0n) is 11.5. The van der Waals surface area contributed by atoms with E-state index in [2.05, 4.69) is 10.4 Å². The molecule has 0 aliphatic heterocycles. The minimum atomic E-state index is -0.483. The van der Waals surface area contributed by atoms with Gasteiger partial charge in [0.25, 0.3) is 5.88 Å². The standard InChI is InChI=1S/C12H20N4O3/c1-13-8-6-4-5-7-9(8)19-10-11(17)15(2)12(18)16(3)14-10/h8-9,13H,4-7H2,1-3H3. The Hall–Kier alpha value is -1.63. The van der Waals surface area contributed by atoms with E-state index in [1.807, 2.05) is 7.05 Å². The Kier molecular flexibility index (Phi) is 4.04. The second kappa shape index (κ2) is 5.56. The molecule has 0 saturated heterocycles. The average Bonchev–Trinajstić information content (AvgIpc) is 2.43. The van der Waals surface area contributed by atoms with Gasteiger partial charge in [0.1, 0.15) is 6.10 Å². The summed E-state index contributed by atoms with van der Waals surface area (Å²) in [6.45, 7) is 0. The van der Waals surface area contributed by atoms with Crippen LogP contribution in [0.1, 0.15) is 25.7 Å². The lowest BCUT2D eigenvalue weighted by Gasteiger charge is -2.30. The van der Waals surface area contributed by atoms with Crippen molar-refractivity contribution in [2.24, 2.45) is 14.1 Å². The van der Waals surface area contributed by atoms with Crippen molar-refractivity contribution in [3.63, 3.8) is 0 Å². The van der Waals surface area contributed by atoms with Crippen LogP contribution in [0.2, 0.25) is 0 Å². The molecule has 7 nitrogen and oxygen atoms in total. The molecule has 0 aromatic carbocycles. The van der Waals surface area contributed by atoms with E-state index >= 15 is 0 Å². The molecule has 19 heavy (non-hydrogen) atoms. The minimum absolute atomic E-state index is 0.00301. The molecule has 1 aliphatic carbocycles. The summed E-state index contributed by atoms with van der Waals surface area (Å²) in [5.74, 6) is -0.00301. The molecule has 1 aromatic rings. The number of ether oxygens (including phenoxy) is 1. The highest BCUT2D eigenvalue weighted by Crippen LogP contribution is 2.21. The van der Waals surface area contributed by atoms with E-state index in [-0.39, 0.29) is 18.0 Å². The number of hydrogen-bond acceptors (Lipinski definition) is 5. The SMILES string of the molecule is CNC1CCCCC1Oc1nn(C)c(=O)n(C)c1=O. The molecule has 2 atom stereocenters. The Balaban J connectivity index is 2.28. The van der Waals surface area contributed by atoms with E-state index in [0.717, 1.165) is 34.9 Å². The lowest BCUT2D eigenvalue weighted by molar-refractivity contribution is 0.107. The Bertz CT molecular complexity index is 563. The Morgan fingerprint density at radius 2 is 1.95 bits per heavy atom. The third-order valence-electron chi connectivity index (χ3n) is 3.63. The summed E-state index contributed by atoms with van der Waals surface area (Å²) in [5, 5.41) is 7.12. The van der Waals surface area contributed by atoms with E-state index in [0.29, 0.717) is 0 Å². The zero-order chi connectivity index (χ0) is 14.0. The van der Waals surface area contributed by atoms with Gasteiger partial charge in [-0.25, -0.2) is 9.48 Å². The van der Waals surface area contributed by atoms with Gasteiger partial charge in [-0.2, -0.15) is 0 Å². The van der Waals surface area contributed by atoms with Crippen LogP contribution in [0.15, 0.2) is 9.59 Å². The predicted molar refractivity (Wildman–Crippen MR) is 70.5 cm³/mol. The highest BCUT2D eigenvalue weighted by molar-refractivity contribution is 5.03. The molecule has 2 rings (SSSR count). The van der Waals surface area contributed by atoms with Crippen molar-refractivity contribution in [3.05, 3.63) is 20.8 Å². The lowest BCUT2D eigenvalue weighted by atomic mass is 9.92. The molecule has 1 heterocycles. The number of nitrogens with one attached hydrogen (secondary N) is 1. The molecule has 1 N–H and O–H groups in total. The molecular weight excluding hydrogens is 248 g/mol. The molecule has 1 aromatic heterocycles. The first-order chi connectivity index (χ1) is 9.04. The summed E-state index contributed by atoms with van der Waals surface area (Å²) in [7, 11) is 4.82. The molecule has 7 heteroatoms.